The van der Waals surface area contributed by atoms with Gasteiger partial charge in [-0.1, -0.05) is 29.0 Å². The first-order valence-electron chi connectivity index (χ1n) is 10.5. The maximum Gasteiger partial charge on any atom is 0.229 e. The van der Waals surface area contributed by atoms with E-state index in [2.05, 4.69) is 9.97 Å². The van der Waals surface area contributed by atoms with Crippen LogP contribution < -0.4 is 9.64 Å². The molecule has 0 radical (unpaired) electrons. The Kier molecular flexibility index (Phi) is 7.45. The normalized spacial score (nSPS) is 11.5. The van der Waals surface area contributed by atoms with E-state index >= 15 is 0 Å². The van der Waals surface area contributed by atoms with Gasteiger partial charge in [-0.25, -0.2) is 13.4 Å². The molecule has 4 rings (SSSR count). The van der Waals surface area contributed by atoms with Crippen LogP contribution in [0.3, 0.4) is 0 Å². The van der Waals surface area contributed by atoms with Crippen molar-refractivity contribution in [3.8, 4) is 5.75 Å². The third-order valence-electron chi connectivity index (χ3n) is 5.14. The number of anilines is 1. The number of thiazole rings is 1. The van der Waals surface area contributed by atoms with Crippen LogP contribution >= 0.6 is 22.9 Å². The van der Waals surface area contributed by atoms with Crippen LogP contribution in [-0.2, 0) is 21.2 Å². The van der Waals surface area contributed by atoms with Gasteiger partial charge in [0, 0.05) is 17.6 Å². The number of ether oxygens (including phenoxy) is 1. The number of aromatic nitrogens is 2. The van der Waals surface area contributed by atoms with Crippen molar-refractivity contribution < 1.29 is 17.9 Å². The van der Waals surface area contributed by atoms with Crippen molar-refractivity contribution in [3.63, 3.8) is 0 Å². The molecular weight excluding hydrogens is 494 g/mol. The molecule has 2 aromatic heterocycles. The number of rotatable bonds is 9. The van der Waals surface area contributed by atoms with E-state index in [9.17, 15) is 13.2 Å². The van der Waals surface area contributed by atoms with Gasteiger partial charge in [0.05, 0.1) is 40.2 Å². The van der Waals surface area contributed by atoms with Crippen LogP contribution in [-0.4, -0.2) is 37.2 Å². The van der Waals surface area contributed by atoms with Crippen molar-refractivity contribution in [2.75, 3.05) is 17.8 Å². The maximum atomic E-state index is 13.2. The smallest absolute Gasteiger partial charge is 0.229 e. The minimum Gasteiger partial charge on any atom is -0.497 e. The number of halogens is 1. The van der Waals surface area contributed by atoms with Crippen LogP contribution in [0.25, 0.3) is 10.2 Å². The first-order valence-corrected chi connectivity index (χ1v) is 13.3. The molecule has 0 unspecified atom stereocenters. The average Bonchev–Trinajstić information content (AvgIpc) is 3.25. The van der Waals surface area contributed by atoms with Crippen molar-refractivity contribution in [3.05, 3.63) is 77.6 Å². The van der Waals surface area contributed by atoms with Gasteiger partial charge in [0.25, 0.3) is 0 Å². The van der Waals surface area contributed by atoms with Gasteiger partial charge in [-0.3, -0.25) is 14.7 Å². The molecule has 0 bridgehead atoms. The van der Waals surface area contributed by atoms with Crippen LogP contribution in [0.15, 0.2) is 71.8 Å². The second-order valence-electron chi connectivity index (χ2n) is 7.51. The zero-order valence-electron chi connectivity index (χ0n) is 18.3. The quantitative estimate of drug-likeness (QED) is 0.306. The summed E-state index contributed by atoms with van der Waals surface area (Å²) in [5, 5.41) is 1.11. The summed E-state index contributed by atoms with van der Waals surface area (Å²) in [7, 11) is -2.00. The van der Waals surface area contributed by atoms with Crippen LogP contribution in [0.2, 0.25) is 5.02 Å². The van der Waals surface area contributed by atoms with Crippen LogP contribution in [0.5, 0.6) is 5.75 Å². The summed E-state index contributed by atoms with van der Waals surface area (Å²) >= 11 is 7.46. The summed E-state index contributed by atoms with van der Waals surface area (Å²) < 4.78 is 31.3. The molecule has 0 atom stereocenters. The van der Waals surface area contributed by atoms with Gasteiger partial charge >= 0.3 is 0 Å². The van der Waals surface area contributed by atoms with E-state index in [0.717, 1.165) is 10.2 Å². The van der Waals surface area contributed by atoms with Crippen LogP contribution in [0, 0.1) is 0 Å². The molecule has 176 valence electrons. The molecule has 0 aliphatic carbocycles. The second-order valence-corrected chi connectivity index (χ2v) is 11.1. The molecular formula is C24H22ClN3O4S2. The molecule has 10 heteroatoms. The van der Waals surface area contributed by atoms with Crippen molar-refractivity contribution in [2.45, 2.75) is 24.3 Å². The topological polar surface area (TPSA) is 89.5 Å². The van der Waals surface area contributed by atoms with Gasteiger partial charge in [0.2, 0.25) is 5.91 Å². The molecule has 0 saturated carbocycles. The monoisotopic (exact) mass is 515 g/mol. The predicted molar refractivity (Wildman–Crippen MR) is 134 cm³/mol. The predicted octanol–water partition coefficient (Wildman–Crippen LogP) is 5.14. The Morgan fingerprint density at radius 3 is 2.62 bits per heavy atom. The third kappa shape index (κ3) is 5.72. The molecule has 4 aromatic rings. The highest BCUT2D eigenvalue weighted by Crippen LogP contribution is 2.32. The fraction of sp³-hybridized carbons (Fsp3) is 0.208. The number of sulfone groups is 1. The van der Waals surface area contributed by atoms with Gasteiger partial charge in [-0.2, -0.15) is 0 Å². The lowest BCUT2D eigenvalue weighted by Gasteiger charge is -2.19. The molecule has 0 fully saturated rings. The highest BCUT2D eigenvalue weighted by Gasteiger charge is 2.22. The molecule has 0 spiro atoms. The summed E-state index contributed by atoms with van der Waals surface area (Å²) in [5.74, 6) is 0.218. The van der Waals surface area contributed by atoms with Crippen molar-refractivity contribution in [2.24, 2.45) is 0 Å². The minimum absolute atomic E-state index is 0.0545. The Bertz CT molecular complexity index is 1390. The molecule has 0 aliphatic rings. The molecule has 0 aliphatic heterocycles. The number of pyridine rings is 1. The number of amides is 1. The van der Waals surface area contributed by atoms with Crippen molar-refractivity contribution in [1.82, 2.24) is 9.97 Å². The highest BCUT2D eigenvalue weighted by molar-refractivity contribution is 7.91. The van der Waals surface area contributed by atoms with Gasteiger partial charge in [0.15, 0.2) is 15.0 Å². The molecule has 0 saturated heterocycles. The average molecular weight is 516 g/mol. The number of hydrogen-bond donors (Lipinski definition) is 0. The molecule has 1 amide bonds. The fourth-order valence-electron chi connectivity index (χ4n) is 3.37. The maximum absolute atomic E-state index is 13.2. The van der Waals surface area contributed by atoms with Crippen molar-refractivity contribution >= 4 is 54.0 Å². The summed E-state index contributed by atoms with van der Waals surface area (Å²) in [6.45, 7) is 0.235. The van der Waals surface area contributed by atoms with Crippen LogP contribution in [0.1, 0.15) is 18.5 Å². The van der Waals surface area contributed by atoms with Crippen molar-refractivity contribution in [1.29, 1.82) is 0 Å². The number of carbonyl (C=O) groups is 1. The second kappa shape index (κ2) is 10.5. The molecule has 7 nitrogen and oxygen atoms in total. The van der Waals surface area contributed by atoms with Gasteiger partial charge in [-0.15, -0.1) is 0 Å². The SMILES string of the molecule is COc1ccc(S(=O)(=O)CCCC(=O)N(Cc2ccccn2)c2nc3ccc(Cl)cc3s2)cc1. The Balaban J connectivity index is 1.50. The lowest BCUT2D eigenvalue weighted by Crippen LogP contribution is -2.30. The fourth-order valence-corrected chi connectivity index (χ4v) is 5.94. The highest BCUT2D eigenvalue weighted by atomic mass is 35.5. The van der Waals surface area contributed by atoms with E-state index in [0.29, 0.717) is 21.6 Å². The Hall–Kier alpha value is -3.01. The first kappa shape index (κ1) is 24.1. The number of carbonyl (C=O) groups excluding carboxylic acids is 1. The molecule has 34 heavy (non-hydrogen) atoms. The zero-order valence-corrected chi connectivity index (χ0v) is 20.7. The van der Waals surface area contributed by atoms with Crippen LogP contribution in [0.4, 0.5) is 5.13 Å². The summed E-state index contributed by atoms with van der Waals surface area (Å²) in [5.41, 5.74) is 1.45. The first-order chi connectivity index (χ1) is 16.4. The standard InChI is InChI=1S/C24H22ClN3O4S2/c1-32-19-8-10-20(11-9-19)34(30,31)14-4-6-23(29)28(16-18-5-2-3-13-26-18)24-27-21-12-7-17(25)15-22(21)33-24/h2-3,5,7-13,15H,4,6,14,16H2,1H3. The van der Waals surface area contributed by atoms with Gasteiger partial charge < -0.3 is 4.74 Å². The third-order valence-corrected chi connectivity index (χ3v) is 8.23. The Labute approximate surface area is 206 Å². The summed E-state index contributed by atoms with van der Waals surface area (Å²) in [4.78, 5) is 23.9. The van der Waals surface area contributed by atoms with Gasteiger partial charge in [-0.05, 0) is 61.0 Å². The molecule has 2 aromatic carbocycles. The Morgan fingerprint density at radius 1 is 1.12 bits per heavy atom. The van der Waals surface area contributed by atoms with E-state index in [4.69, 9.17) is 16.3 Å². The lowest BCUT2D eigenvalue weighted by atomic mass is 10.2. The van der Waals surface area contributed by atoms with E-state index in [1.165, 1.54) is 30.6 Å². The zero-order chi connectivity index (χ0) is 24.1. The van der Waals surface area contributed by atoms with E-state index < -0.39 is 9.84 Å². The molecule has 2 heterocycles. The van der Waals surface area contributed by atoms with E-state index in [1.807, 2.05) is 24.3 Å². The minimum atomic E-state index is -3.52. The number of nitrogens with zero attached hydrogens (tertiary/aromatic N) is 3. The van der Waals surface area contributed by atoms with Gasteiger partial charge in [0.1, 0.15) is 5.75 Å². The molecule has 0 N–H and O–H groups in total. The number of hydrogen-bond acceptors (Lipinski definition) is 7. The Morgan fingerprint density at radius 2 is 1.91 bits per heavy atom. The number of fused-ring (bicyclic) bond motifs is 1. The number of methoxy groups -OCH3 is 1. The van der Waals surface area contributed by atoms with E-state index in [1.54, 1.807) is 35.4 Å². The van der Waals surface area contributed by atoms with E-state index in [-0.39, 0.29) is 35.9 Å². The largest absolute Gasteiger partial charge is 0.497 e. The lowest BCUT2D eigenvalue weighted by molar-refractivity contribution is -0.118. The summed E-state index contributed by atoms with van der Waals surface area (Å²) in [6, 6.07) is 17.1. The summed E-state index contributed by atoms with van der Waals surface area (Å²) in [6.07, 6.45) is 1.90. The number of benzene rings is 2.